The van der Waals surface area contributed by atoms with E-state index in [1.54, 1.807) is 6.07 Å². The minimum atomic E-state index is -0.377. The number of piperidine rings is 1. The monoisotopic (exact) mass is 260 g/mol. The molecule has 0 bridgehead atoms. The highest BCUT2D eigenvalue weighted by Crippen LogP contribution is 2.11. The Hall–Kier alpha value is -2.01. The van der Waals surface area contributed by atoms with Gasteiger partial charge in [-0.3, -0.25) is 19.7 Å². The minimum absolute atomic E-state index is 0.229. The summed E-state index contributed by atoms with van der Waals surface area (Å²) in [7, 11) is 0. The molecule has 0 aliphatic carbocycles. The molecule has 2 amide bonds. The van der Waals surface area contributed by atoms with Gasteiger partial charge in [0.05, 0.1) is 6.04 Å². The smallest absolute Gasteiger partial charge is 0.243 e. The molecule has 1 saturated heterocycles. The van der Waals surface area contributed by atoms with E-state index in [9.17, 15) is 14.4 Å². The zero-order valence-electron chi connectivity index (χ0n) is 10.7. The summed E-state index contributed by atoms with van der Waals surface area (Å²) in [5.74, 6) is -0.524. The highest BCUT2D eigenvalue weighted by Gasteiger charge is 2.25. The van der Waals surface area contributed by atoms with Gasteiger partial charge >= 0.3 is 0 Å². The molecule has 1 fully saturated rings. The molecule has 1 aliphatic rings. The van der Waals surface area contributed by atoms with Gasteiger partial charge in [0.1, 0.15) is 6.29 Å². The van der Waals surface area contributed by atoms with E-state index in [1.165, 1.54) is 0 Å². The number of aryl methyl sites for hydroxylation is 1. The van der Waals surface area contributed by atoms with Gasteiger partial charge in [-0.25, -0.2) is 0 Å². The highest BCUT2D eigenvalue weighted by atomic mass is 16.2. The normalized spacial score (nSPS) is 19.1. The maximum Gasteiger partial charge on any atom is 0.243 e. The van der Waals surface area contributed by atoms with Crippen molar-refractivity contribution in [1.82, 2.24) is 10.6 Å². The third-order valence-corrected chi connectivity index (χ3v) is 3.20. The van der Waals surface area contributed by atoms with Crippen LogP contribution >= 0.6 is 0 Å². The van der Waals surface area contributed by atoms with Crippen LogP contribution in [0.15, 0.2) is 18.2 Å². The molecule has 0 saturated carbocycles. The second-order valence-corrected chi connectivity index (χ2v) is 4.70. The maximum absolute atomic E-state index is 11.6. The third-order valence-electron chi connectivity index (χ3n) is 3.20. The molecule has 5 nitrogen and oxygen atoms in total. The van der Waals surface area contributed by atoms with Crippen molar-refractivity contribution < 1.29 is 14.4 Å². The van der Waals surface area contributed by atoms with Crippen molar-refractivity contribution >= 4 is 18.1 Å². The van der Waals surface area contributed by atoms with Gasteiger partial charge in [-0.05, 0) is 18.9 Å². The molecule has 1 unspecified atom stereocenters. The largest absolute Gasteiger partial charge is 0.302 e. The molecule has 1 atom stereocenters. The Bertz CT molecular complexity index is 525. The van der Waals surface area contributed by atoms with E-state index < -0.39 is 0 Å². The third kappa shape index (κ3) is 3.26. The summed E-state index contributed by atoms with van der Waals surface area (Å²) in [5, 5.41) is 5.38. The molecule has 1 aliphatic heterocycles. The van der Waals surface area contributed by atoms with Crippen molar-refractivity contribution in [2.75, 3.05) is 0 Å². The van der Waals surface area contributed by atoms with Crippen molar-refractivity contribution in [1.29, 1.82) is 0 Å². The minimum Gasteiger partial charge on any atom is -0.302 e. The number of rotatable bonds is 4. The summed E-state index contributed by atoms with van der Waals surface area (Å²) in [5.41, 5.74) is 2.54. The van der Waals surface area contributed by atoms with Crippen LogP contribution < -0.4 is 10.6 Å². The maximum atomic E-state index is 11.6. The molecule has 0 radical (unpaired) electrons. The lowest BCUT2D eigenvalue weighted by Gasteiger charge is -2.22. The van der Waals surface area contributed by atoms with Crippen molar-refractivity contribution in [3.8, 4) is 0 Å². The number of aldehydes is 1. The Morgan fingerprint density at radius 3 is 2.89 bits per heavy atom. The van der Waals surface area contributed by atoms with Crippen molar-refractivity contribution in [2.24, 2.45) is 0 Å². The molecule has 5 heteroatoms. The molecular formula is C14H16N2O3. The van der Waals surface area contributed by atoms with Gasteiger partial charge in [0.25, 0.3) is 0 Å². The van der Waals surface area contributed by atoms with Crippen LogP contribution in [0.1, 0.15) is 34.3 Å². The predicted octanol–water partition coefficient (Wildman–Crippen LogP) is 0.702. The van der Waals surface area contributed by atoms with Crippen LogP contribution in [-0.4, -0.2) is 24.1 Å². The van der Waals surface area contributed by atoms with Crippen LogP contribution in [0.25, 0.3) is 0 Å². The first-order valence-electron chi connectivity index (χ1n) is 6.22. The summed E-state index contributed by atoms with van der Waals surface area (Å²) >= 11 is 0. The molecule has 1 heterocycles. The van der Waals surface area contributed by atoms with Crippen LogP contribution in [0.2, 0.25) is 0 Å². The van der Waals surface area contributed by atoms with Crippen LogP contribution in [-0.2, 0) is 16.1 Å². The lowest BCUT2D eigenvalue weighted by molar-refractivity contribution is -0.134. The van der Waals surface area contributed by atoms with E-state index in [-0.39, 0.29) is 17.9 Å². The summed E-state index contributed by atoms with van der Waals surface area (Å²) in [6.07, 6.45) is 1.64. The first-order chi connectivity index (χ1) is 9.10. The summed E-state index contributed by atoms with van der Waals surface area (Å²) < 4.78 is 0. The second kappa shape index (κ2) is 5.75. The summed E-state index contributed by atoms with van der Waals surface area (Å²) in [6, 6.07) is 5.18. The first-order valence-corrected chi connectivity index (χ1v) is 6.22. The topological polar surface area (TPSA) is 75.3 Å². The van der Waals surface area contributed by atoms with Crippen LogP contribution in [0.4, 0.5) is 0 Å². The van der Waals surface area contributed by atoms with Gasteiger partial charge in [-0.15, -0.1) is 0 Å². The molecule has 2 N–H and O–H groups in total. The van der Waals surface area contributed by atoms with Gasteiger partial charge in [0.2, 0.25) is 11.8 Å². The second-order valence-electron chi connectivity index (χ2n) is 4.70. The zero-order valence-corrected chi connectivity index (χ0v) is 10.7. The number of carbonyl (C=O) groups is 3. The molecule has 1 aromatic carbocycles. The number of amides is 2. The van der Waals surface area contributed by atoms with E-state index in [2.05, 4.69) is 10.6 Å². The Morgan fingerprint density at radius 1 is 1.42 bits per heavy atom. The van der Waals surface area contributed by atoms with Gasteiger partial charge < -0.3 is 5.32 Å². The number of carbonyl (C=O) groups excluding carboxylic acids is 3. The number of imide groups is 1. The van der Waals surface area contributed by atoms with Crippen molar-refractivity contribution in [2.45, 2.75) is 32.4 Å². The number of nitrogens with one attached hydrogen (secondary N) is 2. The van der Waals surface area contributed by atoms with Crippen LogP contribution in [0, 0.1) is 6.92 Å². The van der Waals surface area contributed by atoms with Crippen molar-refractivity contribution in [3.63, 3.8) is 0 Å². The Kier molecular flexibility index (Phi) is 4.06. The van der Waals surface area contributed by atoms with E-state index in [0.29, 0.717) is 24.9 Å². The molecule has 0 spiro atoms. The fraction of sp³-hybridized carbons (Fsp3) is 0.357. The molecule has 2 rings (SSSR count). The van der Waals surface area contributed by atoms with E-state index in [0.717, 1.165) is 17.4 Å². The lowest BCUT2D eigenvalue weighted by atomic mass is 10.0. The number of hydrogen-bond donors (Lipinski definition) is 2. The first kappa shape index (κ1) is 13.4. The van der Waals surface area contributed by atoms with E-state index in [4.69, 9.17) is 0 Å². The van der Waals surface area contributed by atoms with E-state index >= 15 is 0 Å². The van der Waals surface area contributed by atoms with Crippen LogP contribution in [0.5, 0.6) is 0 Å². The fourth-order valence-electron chi connectivity index (χ4n) is 2.12. The fourth-order valence-corrected chi connectivity index (χ4v) is 2.12. The average Bonchev–Trinajstić information content (AvgIpc) is 2.38. The Labute approximate surface area is 111 Å². The summed E-state index contributed by atoms with van der Waals surface area (Å²) in [6.45, 7) is 2.38. The molecule has 0 aromatic heterocycles. The Morgan fingerprint density at radius 2 is 2.21 bits per heavy atom. The number of hydrogen-bond acceptors (Lipinski definition) is 4. The van der Waals surface area contributed by atoms with Gasteiger partial charge in [-0.2, -0.15) is 0 Å². The lowest BCUT2D eigenvalue weighted by Crippen LogP contribution is -2.50. The predicted molar refractivity (Wildman–Crippen MR) is 69.6 cm³/mol. The quantitative estimate of drug-likeness (QED) is 0.617. The highest BCUT2D eigenvalue weighted by molar-refractivity contribution is 6.00. The van der Waals surface area contributed by atoms with Crippen molar-refractivity contribution in [3.05, 3.63) is 34.9 Å². The Balaban J connectivity index is 2.02. The molecule has 100 valence electrons. The number of benzene rings is 1. The van der Waals surface area contributed by atoms with Gasteiger partial charge in [0.15, 0.2) is 0 Å². The summed E-state index contributed by atoms with van der Waals surface area (Å²) in [4.78, 5) is 33.6. The zero-order chi connectivity index (χ0) is 13.8. The standard InChI is InChI=1S/C14H16N2O3/c1-9-2-3-10(8-17)11(6-9)7-15-12-4-5-13(18)16-14(12)19/h2-3,6,8,12,15H,4-5,7H2,1H3,(H,16,18,19). The van der Waals surface area contributed by atoms with Crippen LogP contribution in [0.3, 0.4) is 0 Å². The molecular weight excluding hydrogens is 244 g/mol. The van der Waals surface area contributed by atoms with Gasteiger partial charge in [-0.1, -0.05) is 23.8 Å². The molecule has 1 aromatic rings. The van der Waals surface area contributed by atoms with Gasteiger partial charge in [0, 0.05) is 18.5 Å². The average molecular weight is 260 g/mol. The van der Waals surface area contributed by atoms with E-state index in [1.807, 2.05) is 19.1 Å². The molecule has 19 heavy (non-hydrogen) atoms. The SMILES string of the molecule is Cc1ccc(C=O)c(CNC2CCC(=O)NC2=O)c1.